The maximum absolute atomic E-state index is 13.5. The number of hydrogen-bond donors (Lipinski definition) is 1. The number of fused-ring (bicyclic) bond motifs is 2. The van der Waals surface area contributed by atoms with E-state index in [1.54, 1.807) is 18.0 Å². The van der Waals surface area contributed by atoms with E-state index in [-0.39, 0.29) is 18.2 Å². The molecule has 0 radical (unpaired) electrons. The third kappa shape index (κ3) is 3.40. The molecule has 3 aromatic carbocycles. The Morgan fingerprint density at radius 2 is 1.89 bits per heavy atom. The predicted molar refractivity (Wildman–Crippen MR) is 103 cm³/mol. The van der Waals surface area contributed by atoms with E-state index in [2.05, 4.69) is 11.4 Å². The summed E-state index contributed by atoms with van der Waals surface area (Å²) in [6, 6.07) is 18.3. The van der Waals surface area contributed by atoms with Gasteiger partial charge in [0.1, 0.15) is 5.82 Å². The summed E-state index contributed by atoms with van der Waals surface area (Å²) in [5, 5.41) is 4.91. The summed E-state index contributed by atoms with van der Waals surface area (Å²) < 4.78 is 13.5. The Bertz CT molecular complexity index is 1050. The monoisotopic (exact) mass is 362 g/mol. The molecule has 1 aliphatic heterocycles. The van der Waals surface area contributed by atoms with Gasteiger partial charge in [0.15, 0.2) is 0 Å². The largest absolute Gasteiger partial charge is 0.341 e. The number of anilines is 1. The Labute approximate surface area is 156 Å². The van der Waals surface area contributed by atoms with Gasteiger partial charge in [-0.2, -0.15) is 0 Å². The number of nitrogens with one attached hydrogen (secondary N) is 1. The zero-order valence-electron chi connectivity index (χ0n) is 14.9. The fourth-order valence-electron chi connectivity index (χ4n) is 3.61. The van der Waals surface area contributed by atoms with Crippen LogP contribution in [0.25, 0.3) is 10.8 Å². The number of benzene rings is 3. The summed E-state index contributed by atoms with van der Waals surface area (Å²) in [7, 11) is 1.73. The van der Waals surface area contributed by atoms with Crippen LogP contribution in [0.4, 0.5) is 10.1 Å². The first kappa shape index (κ1) is 17.2. The Balaban J connectivity index is 1.57. The molecule has 136 valence electrons. The van der Waals surface area contributed by atoms with Crippen LogP contribution in [0.5, 0.6) is 0 Å². The lowest BCUT2D eigenvalue weighted by molar-refractivity contribution is -0.134. The van der Waals surface area contributed by atoms with Gasteiger partial charge in [-0.05, 0) is 40.1 Å². The lowest BCUT2D eigenvalue weighted by atomic mass is 9.89. The van der Waals surface area contributed by atoms with Gasteiger partial charge in [0.05, 0.1) is 5.92 Å². The van der Waals surface area contributed by atoms with E-state index >= 15 is 0 Å². The number of carbonyl (C=O) groups excluding carboxylic acids is 2. The highest BCUT2D eigenvalue weighted by Gasteiger charge is 2.32. The van der Waals surface area contributed by atoms with E-state index in [4.69, 9.17) is 0 Å². The van der Waals surface area contributed by atoms with Crippen LogP contribution >= 0.6 is 0 Å². The number of halogens is 1. The normalized spacial score (nSPS) is 15.9. The van der Waals surface area contributed by atoms with E-state index in [9.17, 15) is 14.0 Å². The Morgan fingerprint density at radius 1 is 1.11 bits per heavy atom. The van der Waals surface area contributed by atoms with Crippen molar-refractivity contribution in [2.45, 2.75) is 18.9 Å². The number of amides is 2. The molecule has 27 heavy (non-hydrogen) atoms. The van der Waals surface area contributed by atoms with Crippen molar-refractivity contribution >= 4 is 28.3 Å². The molecule has 0 fully saturated rings. The summed E-state index contributed by atoms with van der Waals surface area (Å²) >= 11 is 0. The molecule has 0 aliphatic carbocycles. The Hall–Kier alpha value is -3.21. The van der Waals surface area contributed by atoms with Crippen molar-refractivity contribution in [2.75, 3.05) is 12.4 Å². The molecular weight excluding hydrogens is 343 g/mol. The van der Waals surface area contributed by atoms with Gasteiger partial charge in [0.2, 0.25) is 11.8 Å². The summed E-state index contributed by atoms with van der Waals surface area (Å²) in [5.74, 6) is -1.46. The molecule has 3 aromatic rings. The van der Waals surface area contributed by atoms with Crippen molar-refractivity contribution in [3.05, 3.63) is 77.6 Å². The number of likely N-dealkylation sites (N-methyl/N-ethyl adjacent to an activating group) is 1. The van der Waals surface area contributed by atoms with E-state index < -0.39 is 11.7 Å². The van der Waals surface area contributed by atoms with Gasteiger partial charge in [-0.1, -0.05) is 42.5 Å². The third-order valence-electron chi connectivity index (χ3n) is 4.96. The van der Waals surface area contributed by atoms with Gasteiger partial charge in [-0.15, -0.1) is 0 Å². The van der Waals surface area contributed by atoms with Gasteiger partial charge in [0, 0.05) is 25.7 Å². The second-order valence-corrected chi connectivity index (χ2v) is 6.91. The topological polar surface area (TPSA) is 49.4 Å². The van der Waals surface area contributed by atoms with Crippen LogP contribution in [0.3, 0.4) is 0 Å². The fraction of sp³-hybridized carbons (Fsp3) is 0.182. The van der Waals surface area contributed by atoms with Crippen LogP contribution < -0.4 is 5.32 Å². The summed E-state index contributed by atoms with van der Waals surface area (Å²) in [5.41, 5.74) is 2.05. The first-order valence-corrected chi connectivity index (χ1v) is 8.83. The van der Waals surface area contributed by atoms with Crippen molar-refractivity contribution in [2.24, 2.45) is 0 Å². The minimum atomic E-state index is -0.597. The smallest absolute Gasteiger partial charge is 0.230 e. The lowest BCUT2D eigenvalue weighted by Gasteiger charge is -2.28. The summed E-state index contributed by atoms with van der Waals surface area (Å²) in [6.07, 6.45) is 0.0690. The molecule has 0 bridgehead atoms. The summed E-state index contributed by atoms with van der Waals surface area (Å²) in [4.78, 5) is 26.6. The van der Waals surface area contributed by atoms with E-state index in [0.29, 0.717) is 17.8 Å². The van der Waals surface area contributed by atoms with E-state index in [1.165, 1.54) is 12.1 Å². The van der Waals surface area contributed by atoms with Crippen LogP contribution in [0.15, 0.2) is 60.7 Å². The van der Waals surface area contributed by atoms with Gasteiger partial charge in [0.25, 0.3) is 0 Å². The molecule has 0 saturated carbocycles. The molecule has 1 aliphatic rings. The average Bonchev–Trinajstić information content (AvgIpc) is 2.66. The second kappa shape index (κ2) is 6.83. The second-order valence-electron chi connectivity index (χ2n) is 6.91. The number of nitrogens with zero attached hydrogens (tertiary/aromatic N) is 1. The van der Waals surface area contributed by atoms with Crippen LogP contribution in [0.1, 0.15) is 23.5 Å². The average molecular weight is 362 g/mol. The van der Waals surface area contributed by atoms with Crippen LogP contribution in [0, 0.1) is 5.82 Å². The molecule has 1 atom stereocenters. The highest BCUT2D eigenvalue weighted by Crippen LogP contribution is 2.34. The van der Waals surface area contributed by atoms with Crippen molar-refractivity contribution in [1.82, 2.24) is 4.90 Å². The molecule has 1 unspecified atom stereocenters. The molecule has 0 spiro atoms. The van der Waals surface area contributed by atoms with Gasteiger partial charge in [-0.3, -0.25) is 9.59 Å². The molecular formula is C22H19FN2O2. The fourth-order valence-corrected chi connectivity index (χ4v) is 3.61. The maximum atomic E-state index is 13.5. The number of rotatable bonds is 3. The molecule has 5 heteroatoms. The SMILES string of the molecule is CN(Cc1ccc2ccccc2c1)C(=O)C1CC(=O)Nc2cc(F)ccc21. The first-order chi connectivity index (χ1) is 13.0. The Kier molecular flexibility index (Phi) is 4.36. The van der Waals surface area contributed by atoms with Crippen molar-refractivity contribution in [3.8, 4) is 0 Å². The van der Waals surface area contributed by atoms with Gasteiger partial charge < -0.3 is 10.2 Å². The quantitative estimate of drug-likeness (QED) is 0.764. The predicted octanol–water partition coefficient (Wildman–Crippen LogP) is 4.06. The lowest BCUT2D eigenvalue weighted by Crippen LogP contribution is -2.36. The molecule has 0 saturated heterocycles. The standard InChI is InChI=1S/C22H19FN2O2/c1-25(13-14-6-7-15-4-2-3-5-16(15)10-14)22(27)19-12-21(26)24-20-11-17(23)8-9-18(19)20/h2-11,19H,12-13H2,1H3,(H,24,26). The zero-order chi connectivity index (χ0) is 19.0. The molecule has 4 rings (SSSR count). The zero-order valence-corrected chi connectivity index (χ0v) is 14.9. The third-order valence-corrected chi connectivity index (χ3v) is 4.96. The van der Waals surface area contributed by atoms with Gasteiger partial charge >= 0.3 is 0 Å². The van der Waals surface area contributed by atoms with Crippen LogP contribution in [0.2, 0.25) is 0 Å². The first-order valence-electron chi connectivity index (χ1n) is 8.83. The molecule has 4 nitrogen and oxygen atoms in total. The summed E-state index contributed by atoms with van der Waals surface area (Å²) in [6.45, 7) is 0.443. The Morgan fingerprint density at radius 3 is 2.70 bits per heavy atom. The van der Waals surface area contributed by atoms with Gasteiger partial charge in [-0.25, -0.2) is 4.39 Å². The highest BCUT2D eigenvalue weighted by molar-refractivity contribution is 6.01. The van der Waals surface area contributed by atoms with Crippen LogP contribution in [-0.4, -0.2) is 23.8 Å². The molecule has 2 amide bonds. The van der Waals surface area contributed by atoms with Crippen molar-refractivity contribution in [3.63, 3.8) is 0 Å². The minimum Gasteiger partial charge on any atom is -0.341 e. The van der Waals surface area contributed by atoms with E-state index in [1.807, 2.05) is 36.4 Å². The number of carbonyl (C=O) groups is 2. The highest BCUT2D eigenvalue weighted by atomic mass is 19.1. The molecule has 1 heterocycles. The van der Waals surface area contributed by atoms with Crippen molar-refractivity contribution < 1.29 is 14.0 Å². The van der Waals surface area contributed by atoms with E-state index in [0.717, 1.165) is 16.3 Å². The molecule has 1 N–H and O–H groups in total. The minimum absolute atomic E-state index is 0.0690. The van der Waals surface area contributed by atoms with Crippen molar-refractivity contribution in [1.29, 1.82) is 0 Å². The number of hydrogen-bond acceptors (Lipinski definition) is 2. The molecule has 0 aromatic heterocycles. The van der Waals surface area contributed by atoms with Crippen LogP contribution in [-0.2, 0) is 16.1 Å². The maximum Gasteiger partial charge on any atom is 0.230 e.